The molecule has 0 aromatic heterocycles. The van der Waals surface area contributed by atoms with Gasteiger partial charge in [-0.05, 0) is 6.42 Å². The van der Waals surface area contributed by atoms with Crippen molar-refractivity contribution in [2.24, 2.45) is 0 Å². The van der Waals surface area contributed by atoms with Crippen LogP contribution in [-0.4, -0.2) is 31.6 Å². The zero-order chi connectivity index (χ0) is 10.3. The second-order valence-corrected chi connectivity index (χ2v) is 4.84. The van der Waals surface area contributed by atoms with E-state index in [2.05, 4.69) is 0 Å². The Hall–Kier alpha value is -0.600. The predicted octanol–water partition coefficient (Wildman–Crippen LogP) is 0.962. The number of unbranched alkanes of at least 4 members (excludes halogenated alkanes) is 1. The van der Waals surface area contributed by atoms with E-state index in [1.165, 1.54) is 4.31 Å². The zero-order valence-corrected chi connectivity index (χ0v) is 8.97. The van der Waals surface area contributed by atoms with E-state index in [0.717, 1.165) is 6.42 Å². The molecule has 0 saturated carbocycles. The van der Waals surface area contributed by atoms with E-state index in [9.17, 15) is 8.42 Å². The standard InChI is InChI=1S/C8H16N2O2S/c1-3-5-8-13(11,12)10(4-2)7-6-9/h3-5,7-8H2,1-2H3. The van der Waals surface area contributed by atoms with Crippen LogP contribution in [0.2, 0.25) is 0 Å². The van der Waals surface area contributed by atoms with Gasteiger partial charge in [-0.3, -0.25) is 0 Å². The Bertz CT molecular complexity index is 266. The van der Waals surface area contributed by atoms with Crippen LogP contribution in [0.3, 0.4) is 0 Å². The molecular weight excluding hydrogens is 188 g/mol. The molecule has 0 aliphatic heterocycles. The molecule has 0 aliphatic rings. The van der Waals surface area contributed by atoms with E-state index in [1.807, 2.05) is 13.0 Å². The number of nitrogens with zero attached hydrogens (tertiary/aromatic N) is 2. The second-order valence-electron chi connectivity index (χ2n) is 2.75. The van der Waals surface area contributed by atoms with Crippen molar-refractivity contribution in [1.82, 2.24) is 4.31 Å². The Balaban J connectivity index is 4.32. The lowest BCUT2D eigenvalue weighted by Gasteiger charge is -2.16. The predicted molar refractivity (Wildman–Crippen MR) is 51.6 cm³/mol. The van der Waals surface area contributed by atoms with Crippen LogP contribution >= 0.6 is 0 Å². The van der Waals surface area contributed by atoms with Crippen molar-refractivity contribution in [3.8, 4) is 6.07 Å². The molecular formula is C8H16N2O2S. The molecule has 0 rings (SSSR count). The first-order valence-corrected chi connectivity index (χ1v) is 6.04. The molecule has 76 valence electrons. The summed E-state index contributed by atoms with van der Waals surface area (Å²) in [6.07, 6.45) is 1.51. The number of rotatable bonds is 6. The van der Waals surface area contributed by atoms with Crippen LogP contribution in [0.5, 0.6) is 0 Å². The fraction of sp³-hybridized carbons (Fsp3) is 0.875. The van der Waals surface area contributed by atoms with Crippen LogP contribution in [0.4, 0.5) is 0 Å². The summed E-state index contributed by atoms with van der Waals surface area (Å²) in [4.78, 5) is 0. The number of hydrogen-bond acceptors (Lipinski definition) is 3. The lowest BCUT2D eigenvalue weighted by atomic mass is 10.4. The van der Waals surface area contributed by atoms with Gasteiger partial charge < -0.3 is 0 Å². The van der Waals surface area contributed by atoms with Gasteiger partial charge in [0, 0.05) is 6.54 Å². The molecule has 0 atom stereocenters. The highest BCUT2D eigenvalue weighted by atomic mass is 32.2. The highest BCUT2D eigenvalue weighted by molar-refractivity contribution is 7.89. The van der Waals surface area contributed by atoms with Crippen LogP contribution in [0.25, 0.3) is 0 Å². The Labute approximate surface area is 80.2 Å². The highest BCUT2D eigenvalue weighted by Gasteiger charge is 2.18. The summed E-state index contributed by atoms with van der Waals surface area (Å²) < 4.78 is 24.2. The Kier molecular flexibility index (Phi) is 5.67. The van der Waals surface area contributed by atoms with Crippen LogP contribution in [0, 0.1) is 11.3 Å². The number of sulfonamides is 1. The van der Waals surface area contributed by atoms with E-state index in [4.69, 9.17) is 5.26 Å². The molecule has 0 N–H and O–H groups in total. The maximum absolute atomic E-state index is 11.5. The van der Waals surface area contributed by atoms with Gasteiger partial charge in [-0.1, -0.05) is 20.3 Å². The van der Waals surface area contributed by atoms with Gasteiger partial charge in [-0.2, -0.15) is 9.57 Å². The third kappa shape index (κ3) is 4.25. The Morgan fingerprint density at radius 2 is 2.00 bits per heavy atom. The minimum atomic E-state index is -3.19. The van der Waals surface area contributed by atoms with Gasteiger partial charge in [-0.15, -0.1) is 0 Å². The third-order valence-electron chi connectivity index (χ3n) is 1.75. The van der Waals surface area contributed by atoms with Gasteiger partial charge >= 0.3 is 0 Å². The summed E-state index contributed by atoms with van der Waals surface area (Å²) >= 11 is 0. The van der Waals surface area contributed by atoms with Gasteiger partial charge in [-0.25, -0.2) is 8.42 Å². The van der Waals surface area contributed by atoms with Crippen molar-refractivity contribution in [2.75, 3.05) is 18.8 Å². The van der Waals surface area contributed by atoms with Crippen LogP contribution in [-0.2, 0) is 10.0 Å². The molecule has 0 saturated heterocycles. The summed E-state index contributed by atoms with van der Waals surface area (Å²) in [6.45, 7) is 4.01. The summed E-state index contributed by atoms with van der Waals surface area (Å²) in [5.41, 5.74) is 0. The lowest BCUT2D eigenvalue weighted by Crippen LogP contribution is -2.33. The molecule has 4 nitrogen and oxygen atoms in total. The van der Waals surface area contributed by atoms with Crippen molar-refractivity contribution in [3.63, 3.8) is 0 Å². The molecule has 0 aromatic rings. The van der Waals surface area contributed by atoms with E-state index < -0.39 is 10.0 Å². The molecule has 0 aliphatic carbocycles. The van der Waals surface area contributed by atoms with Crippen LogP contribution in [0.1, 0.15) is 26.7 Å². The molecule has 0 radical (unpaired) electrons. The van der Waals surface area contributed by atoms with Crippen molar-refractivity contribution in [1.29, 1.82) is 5.26 Å². The second kappa shape index (κ2) is 5.95. The fourth-order valence-corrected chi connectivity index (χ4v) is 2.50. The molecule has 0 spiro atoms. The first-order chi connectivity index (χ1) is 6.08. The molecule has 0 bridgehead atoms. The maximum atomic E-state index is 11.5. The first kappa shape index (κ1) is 12.4. The number of hydrogen-bond donors (Lipinski definition) is 0. The minimum Gasteiger partial charge on any atom is -0.212 e. The van der Waals surface area contributed by atoms with Crippen molar-refractivity contribution in [2.45, 2.75) is 26.7 Å². The largest absolute Gasteiger partial charge is 0.215 e. The quantitative estimate of drug-likeness (QED) is 0.605. The van der Waals surface area contributed by atoms with Gasteiger partial charge in [0.05, 0.1) is 11.8 Å². The minimum absolute atomic E-state index is 0.0391. The molecule has 0 heterocycles. The Morgan fingerprint density at radius 3 is 2.38 bits per heavy atom. The van der Waals surface area contributed by atoms with Crippen molar-refractivity contribution in [3.05, 3.63) is 0 Å². The molecule has 0 unspecified atom stereocenters. The molecule has 5 heteroatoms. The molecule has 0 aromatic carbocycles. The normalized spacial score (nSPS) is 11.5. The number of nitriles is 1. The zero-order valence-electron chi connectivity index (χ0n) is 8.15. The first-order valence-electron chi connectivity index (χ1n) is 4.43. The monoisotopic (exact) mass is 204 g/mol. The SMILES string of the molecule is CCCCS(=O)(=O)N(CC)CC#N. The van der Waals surface area contributed by atoms with E-state index in [1.54, 1.807) is 6.92 Å². The smallest absolute Gasteiger partial charge is 0.212 e. The fourth-order valence-electron chi connectivity index (χ4n) is 0.942. The van der Waals surface area contributed by atoms with Crippen LogP contribution < -0.4 is 0 Å². The van der Waals surface area contributed by atoms with E-state index in [-0.39, 0.29) is 12.3 Å². The van der Waals surface area contributed by atoms with Gasteiger partial charge in [0.25, 0.3) is 0 Å². The molecule has 0 fully saturated rings. The maximum Gasteiger partial charge on any atom is 0.215 e. The van der Waals surface area contributed by atoms with E-state index in [0.29, 0.717) is 13.0 Å². The molecule has 0 amide bonds. The van der Waals surface area contributed by atoms with Crippen molar-refractivity contribution < 1.29 is 8.42 Å². The van der Waals surface area contributed by atoms with Gasteiger partial charge in [0.15, 0.2) is 0 Å². The van der Waals surface area contributed by atoms with Crippen molar-refractivity contribution >= 4 is 10.0 Å². The Morgan fingerprint density at radius 1 is 1.38 bits per heavy atom. The highest BCUT2D eigenvalue weighted by Crippen LogP contribution is 2.03. The molecule has 13 heavy (non-hydrogen) atoms. The van der Waals surface area contributed by atoms with Crippen LogP contribution in [0.15, 0.2) is 0 Å². The summed E-state index contributed by atoms with van der Waals surface area (Å²) in [5, 5.41) is 8.40. The van der Waals surface area contributed by atoms with Gasteiger partial charge in [0.2, 0.25) is 10.0 Å². The average Bonchev–Trinajstić information content (AvgIpc) is 2.10. The summed E-state index contributed by atoms with van der Waals surface area (Å²) in [5.74, 6) is 0.152. The van der Waals surface area contributed by atoms with Gasteiger partial charge in [0.1, 0.15) is 6.54 Å². The summed E-state index contributed by atoms with van der Waals surface area (Å²) in [6, 6.07) is 1.85. The van der Waals surface area contributed by atoms with E-state index >= 15 is 0 Å². The average molecular weight is 204 g/mol. The third-order valence-corrected chi connectivity index (χ3v) is 3.73. The summed E-state index contributed by atoms with van der Waals surface area (Å²) in [7, 11) is -3.19. The lowest BCUT2D eigenvalue weighted by molar-refractivity contribution is 0.461. The topological polar surface area (TPSA) is 61.2 Å².